The molecule has 0 aliphatic carbocycles. The Hall–Kier alpha value is -1.78. The predicted octanol–water partition coefficient (Wildman–Crippen LogP) is 4.36. The Morgan fingerprint density at radius 3 is 2.35 bits per heavy atom. The molecule has 1 amide bonds. The summed E-state index contributed by atoms with van der Waals surface area (Å²) in [6, 6.07) is 18.8. The van der Waals surface area contributed by atoms with E-state index in [9.17, 15) is 4.79 Å². The molecule has 0 spiro atoms. The molecule has 0 aromatic heterocycles. The number of carbonyl (C=O) groups excluding carboxylic acids is 1. The van der Waals surface area contributed by atoms with Gasteiger partial charge < -0.3 is 0 Å². The predicted molar refractivity (Wildman–Crippen MR) is 94.4 cm³/mol. The van der Waals surface area contributed by atoms with Crippen molar-refractivity contribution in [3.63, 3.8) is 0 Å². The molecule has 1 atom stereocenters. The lowest BCUT2D eigenvalue weighted by atomic mass is 9.87. The van der Waals surface area contributed by atoms with Crippen molar-refractivity contribution >= 4 is 17.7 Å². The van der Waals surface area contributed by atoms with E-state index in [-0.39, 0.29) is 10.7 Å². The molecule has 1 heterocycles. The van der Waals surface area contributed by atoms with Crippen molar-refractivity contribution in [2.24, 2.45) is 0 Å². The third-order valence-corrected chi connectivity index (χ3v) is 6.07. The fourth-order valence-electron chi connectivity index (χ4n) is 3.22. The molecule has 120 valence electrons. The maximum Gasteiger partial charge on any atom is 0.245 e. The molecule has 2 aromatic rings. The highest BCUT2D eigenvalue weighted by Crippen LogP contribution is 2.47. The molecule has 1 aliphatic heterocycles. The average Bonchev–Trinajstić information content (AvgIpc) is 2.63. The second kappa shape index (κ2) is 7.20. The summed E-state index contributed by atoms with van der Waals surface area (Å²) in [6.45, 7) is 0. The van der Waals surface area contributed by atoms with Crippen LogP contribution in [0.2, 0.25) is 0 Å². The highest BCUT2D eigenvalue weighted by molar-refractivity contribution is 8.00. The van der Waals surface area contributed by atoms with Crippen LogP contribution >= 0.6 is 11.8 Å². The minimum Gasteiger partial charge on any atom is -0.289 e. The van der Waals surface area contributed by atoms with Crippen molar-refractivity contribution < 1.29 is 10.0 Å². The number of hydrogen-bond acceptors (Lipinski definition) is 3. The molecule has 3 nitrogen and oxygen atoms in total. The van der Waals surface area contributed by atoms with Crippen LogP contribution in [0, 0.1) is 0 Å². The molecule has 1 saturated heterocycles. The van der Waals surface area contributed by atoms with Crippen molar-refractivity contribution in [1.29, 1.82) is 0 Å². The van der Waals surface area contributed by atoms with E-state index in [1.54, 1.807) is 5.48 Å². The van der Waals surface area contributed by atoms with E-state index in [2.05, 4.69) is 36.4 Å². The van der Waals surface area contributed by atoms with E-state index in [4.69, 9.17) is 5.21 Å². The van der Waals surface area contributed by atoms with Gasteiger partial charge in [0, 0.05) is 11.2 Å². The summed E-state index contributed by atoms with van der Waals surface area (Å²) >= 11 is 1.84. The lowest BCUT2D eigenvalue weighted by molar-refractivity contribution is -0.129. The largest absolute Gasteiger partial charge is 0.289 e. The lowest BCUT2D eigenvalue weighted by Crippen LogP contribution is -2.33. The summed E-state index contributed by atoms with van der Waals surface area (Å²) in [5, 5.41) is 8.91. The smallest absolute Gasteiger partial charge is 0.245 e. The molecular formula is C19H21NO2S. The highest BCUT2D eigenvalue weighted by atomic mass is 32.2. The van der Waals surface area contributed by atoms with Crippen LogP contribution in [0.1, 0.15) is 31.2 Å². The fraction of sp³-hybridized carbons (Fsp3) is 0.316. The summed E-state index contributed by atoms with van der Waals surface area (Å²) < 4.78 is -0.222. The average molecular weight is 327 g/mol. The highest BCUT2D eigenvalue weighted by Gasteiger charge is 2.36. The summed E-state index contributed by atoms with van der Waals surface area (Å²) in [7, 11) is 0. The van der Waals surface area contributed by atoms with Gasteiger partial charge in [0.05, 0.1) is 0 Å². The first-order valence-electron chi connectivity index (χ1n) is 7.96. The van der Waals surface area contributed by atoms with Crippen LogP contribution in [-0.4, -0.2) is 16.9 Å². The van der Waals surface area contributed by atoms with Gasteiger partial charge in [0.15, 0.2) is 0 Å². The van der Waals surface area contributed by atoms with E-state index in [1.807, 2.05) is 30.0 Å². The molecule has 1 fully saturated rings. The zero-order chi connectivity index (χ0) is 16.1. The second-order valence-corrected chi connectivity index (χ2v) is 7.43. The Morgan fingerprint density at radius 2 is 1.74 bits per heavy atom. The SMILES string of the molecule is O=C(CC1(c2ccc(-c3ccccc3)cc2)CCCCS1)NO. The Labute approximate surface area is 141 Å². The Balaban J connectivity index is 1.89. The van der Waals surface area contributed by atoms with Gasteiger partial charge in [0.1, 0.15) is 0 Å². The van der Waals surface area contributed by atoms with E-state index in [0.717, 1.165) is 18.6 Å². The molecule has 23 heavy (non-hydrogen) atoms. The van der Waals surface area contributed by atoms with Crippen LogP contribution in [0.5, 0.6) is 0 Å². The van der Waals surface area contributed by atoms with Crippen LogP contribution in [0.4, 0.5) is 0 Å². The van der Waals surface area contributed by atoms with Crippen LogP contribution in [0.25, 0.3) is 11.1 Å². The van der Waals surface area contributed by atoms with Crippen molar-refractivity contribution in [3.8, 4) is 11.1 Å². The van der Waals surface area contributed by atoms with Gasteiger partial charge in [-0.25, -0.2) is 5.48 Å². The van der Waals surface area contributed by atoms with Crippen molar-refractivity contribution in [3.05, 3.63) is 60.2 Å². The normalized spacial score (nSPS) is 20.9. The minimum atomic E-state index is -0.313. The van der Waals surface area contributed by atoms with Gasteiger partial charge in [-0.15, -0.1) is 11.8 Å². The molecule has 0 bridgehead atoms. The van der Waals surface area contributed by atoms with Crippen molar-refractivity contribution in [1.82, 2.24) is 5.48 Å². The van der Waals surface area contributed by atoms with Gasteiger partial charge in [-0.1, -0.05) is 61.0 Å². The topological polar surface area (TPSA) is 49.3 Å². The van der Waals surface area contributed by atoms with E-state index >= 15 is 0 Å². The number of hydroxylamine groups is 1. The Morgan fingerprint density at radius 1 is 1.04 bits per heavy atom. The van der Waals surface area contributed by atoms with Gasteiger partial charge >= 0.3 is 0 Å². The molecular weight excluding hydrogens is 306 g/mol. The fourth-order valence-corrected chi connectivity index (χ4v) is 4.78. The van der Waals surface area contributed by atoms with Gasteiger partial charge in [-0.3, -0.25) is 10.0 Å². The molecule has 2 N–H and O–H groups in total. The summed E-state index contributed by atoms with van der Waals surface area (Å²) in [5.41, 5.74) is 5.33. The third kappa shape index (κ3) is 3.59. The maximum atomic E-state index is 11.8. The summed E-state index contributed by atoms with van der Waals surface area (Å²) in [4.78, 5) is 11.8. The molecule has 3 rings (SSSR count). The second-order valence-electron chi connectivity index (χ2n) is 5.95. The van der Waals surface area contributed by atoms with Crippen LogP contribution in [0.3, 0.4) is 0 Å². The van der Waals surface area contributed by atoms with Gasteiger partial charge in [-0.05, 0) is 35.3 Å². The molecule has 0 saturated carbocycles. The standard InChI is InChI=1S/C19H21NO2S/c21-18(20-22)14-19(12-4-5-13-23-19)17-10-8-16(9-11-17)15-6-2-1-3-7-15/h1-3,6-11,22H,4-5,12-14H2,(H,20,21). The number of nitrogens with one attached hydrogen (secondary N) is 1. The van der Waals surface area contributed by atoms with Gasteiger partial charge in [0.2, 0.25) is 5.91 Å². The maximum absolute atomic E-state index is 11.8. The van der Waals surface area contributed by atoms with Gasteiger partial charge in [-0.2, -0.15) is 0 Å². The lowest BCUT2D eigenvalue weighted by Gasteiger charge is -2.36. The van der Waals surface area contributed by atoms with Gasteiger partial charge in [0.25, 0.3) is 0 Å². The first-order valence-corrected chi connectivity index (χ1v) is 8.95. The zero-order valence-corrected chi connectivity index (χ0v) is 13.8. The number of carbonyl (C=O) groups is 1. The molecule has 0 radical (unpaired) electrons. The quantitative estimate of drug-likeness (QED) is 0.648. The van der Waals surface area contributed by atoms with Crippen molar-refractivity contribution in [2.75, 3.05) is 5.75 Å². The monoisotopic (exact) mass is 327 g/mol. The van der Waals surface area contributed by atoms with Crippen LogP contribution in [0.15, 0.2) is 54.6 Å². The molecule has 4 heteroatoms. The first-order chi connectivity index (χ1) is 11.2. The van der Waals surface area contributed by atoms with E-state index in [0.29, 0.717) is 6.42 Å². The number of benzene rings is 2. The van der Waals surface area contributed by atoms with E-state index < -0.39 is 0 Å². The van der Waals surface area contributed by atoms with Crippen molar-refractivity contribution in [2.45, 2.75) is 30.4 Å². The first kappa shape index (κ1) is 16.1. The van der Waals surface area contributed by atoms with E-state index in [1.165, 1.54) is 23.1 Å². The number of amides is 1. The molecule has 1 unspecified atom stereocenters. The summed E-state index contributed by atoms with van der Waals surface area (Å²) in [6.07, 6.45) is 3.59. The third-order valence-electron chi connectivity index (χ3n) is 4.44. The summed E-state index contributed by atoms with van der Waals surface area (Å²) in [5.74, 6) is 0.741. The molecule has 2 aromatic carbocycles. The van der Waals surface area contributed by atoms with Crippen LogP contribution in [-0.2, 0) is 9.54 Å². The minimum absolute atomic E-state index is 0.222. The van der Waals surface area contributed by atoms with Crippen LogP contribution < -0.4 is 5.48 Å². The Bertz CT molecular complexity index is 649. The Kier molecular flexibility index (Phi) is 5.03. The number of thioether (sulfide) groups is 1. The number of rotatable bonds is 4. The number of hydrogen-bond donors (Lipinski definition) is 2. The zero-order valence-electron chi connectivity index (χ0n) is 13.0. The molecule has 1 aliphatic rings.